The van der Waals surface area contributed by atoms with Crippen molar-refractivity contribution in [2.24, 2.45) is 0 Å². The number of fused-ring (bicyclic) bond motifs is 1. The van der Waals surface area contributed by atoms with E-state index in [1.807, 2.05) is 25.3 Å². The van der Waals surface area contributed by atoms with Crippen LogP contribution in [-0.2, 0) is 9.47 Å². The first-order chi connectivity index (χ1) is 10.3. The van der Waals surface area contributed by atoms with Crippen LogP contribution in [0.5, 0.6) is 0 Å². The van der Waals surface area contributed by atoms with E-state index >= 15 is 0 Å². The van der Waals surface area contributed by atoms with E-state index in [-0.39, 0.29) is 0 Å². The molecule has 6 nitrogen and oxygen atoms in total. The molecule has 0 aliphatic carbocycles. The molecule has 0 aliphatic heterocycles. The molecule has 7 heteroatoms. The molecule has 0 unspecified atom stereocenters. The maximum Gasteiger partial charge on any atom is 0.223 e. The molecule has 0 amide bonds. The van der Waals surface area contributed by atoms with Crippen LogP contribution in [0, 0.1) is 0 Å². The Labute approximate surface area is 128 Å². The molecular formula is C14H22N4O2S. The Morgan fingerprint density at radius 2 is 1.81 bits per heavy atom. The molecule has 0 aromatic carbocycles. The molecule has 0 radical (unpaired) electrons. The number of nitrogen functional groups attached to an aromatic ring is 1. The van der Waals surface area contributed by atoms with Gasteiger partial charge in [-0.25, -0.2) is 4.98 Å². The fourth-order valence-electron chi connectivity index (χ4n) is 2.06. The van der Waals surface area contributed by atoms with Crippen molar-refractivity contribution in [2.45, 2.75) is 13.8 Å². The second-order valence-electron chi connectivity index (χ2n) is 4.43. The summed E-state index contributed by atoms with van der Waals surface area (Å²) in [6.45, 7) is 8.20. The smallest absolute Gasteiger partial charge is 0.223 e. The standard InChI is InChI=1S/C14H22N4O2S/c1-3-19-8-6-18(7-9-20-4-2)12-11-5-10-21-13(11)17-14(15)16-12/h5,10H,3-4,6-9H2,1-2H3,(H2,15,16,17). The predicted molar refractivity (Wildman–Crippen MR) is 87.0 cm³/mol. The molecule has 0 fully saturated rings. The molecule has 0 bridgehead atoms. The van der Waals surface area contributed by atoms with Crippen molar-refractivity contribution in [1.82, 2.24) is 9.97 Å². The summed E-state index contributed by atoms with van der Waals surface area (Å²) in [7, 11) is 0. The summed E-state index contributed by atoms with van der Waals surface area (Å²) >= 11 is 1.57. The van der Waals surface area contributed by atoms with Gasteiger partial charge in [-0.05, 0) is 25.3 Å². The topological polar surface area (TPSA) is 73.5 Å². The highest BCUT2D eigenvalue weighted by Gasteiger charge is 2.14. The monoisotopic (exact) mass is 310 g/mol. The van der Waals surface area contributed by atoms with E-state index < -0.39 is 0 Å². The molecule has 0 aliphatic rings. The Kier molecular flexibility index (Phi) is 6.16. The lowest BCUT2D eigenvalue weighted by molar-refractivity contribution is 0.141. The van der Waals surface area contributed by atoms with Gasteiger partial charge in [0.15, 0.2) is 0 Å². The zero-order valence-corrected chi connectivity index (χ0v) is 13.4. The van der Waals surface area contributed by atoms with E-state index in [9.17, 15) is 0 Å². The van der Waals surface area contributed by atoms with Gasteiger partial charge in [0, 0.05) is 26.3 Å². The van der Waals surface area contributed by atoms with E-state index in [1.165, 1.54) is 0 Å². The van der Waals surface area contributed by atoms with Crippen LogP contribution in [0.25, 0.3) is 10.2 Å². The molecule has 2 N–H and O–H groups in total. The Morgan fingerprint density at radius 1 is 1.14 bits per heavy atom. The van der Waals surface area contributed by atoms with Gasteiger partial charge in [-0.3, -0.25) is 0 Å². The summed E-state index contributed by atoms with van der Waals surface area (Å²) in [6.07, 6.45) is 0. The fraction of sp³-hybridized carbons (Fsp3) is 0.571. The Morgan fingerprint density at radius 3 is 2.43 bits per heavy atom. The zero-order valence-electron chi connectivity index (χ0n) is 12.5. The minimum Gasteiger partial charge on any atom is -0.380 e. The van der Waals surface area contributed by atoms with Crippen LogP contribution in [0.2, 0.25) is 0 Å². The van der Waals surface area contributed by atoms with Gasteiger partial charge < -0.3 is 20.1 Å². The van der Waals surface area contributed by atoms with Crippen molar-refractivity contribution >= 4 is 33.3 Å². The molecule has 0 saturated carbocycles. The number of nitrogens with zero attached hydrogens (tertiary/aromatic N) is 3. The zero-order chi connectivity index (χ0) is 15.1. The SMILES string of the molecule is CCOCCN(CCOCC)c1nc(N)nc2sccc12. The maximum atomic E-state index is 5.83. The fourth-order valence-corrected chi connectivity index (χ4v) is 2.82. The lowest BCUT2D eigenvalue weighted by atomic mass is 10.3. The number of anilines is 2. The lowest BCUT2D eigenvalue weighted by Gasteiger charge is -2.24. The van der Waals surface area contributed by atoms with Crippen molar-refractivity contribution in [3.63, 3.8) is 0 Å². The van der Waals surface area contributed by atoms with Gasteiger partial charge >= 0.3 is 0 Å². The van der Waals surface area contributed by atoms with Crippen molar-refractivity contribution < 1.29 is 9.47 Å². The lowest BCUT2D eigenvalue weighted by Crippen LogP contribution is -2.32. The second kappa shape index (κ2) is 8.11. The number of hydrogen-bond acceptors (Lipinski definition) is 7. The van der Waals surface area contributed by atoms with Crippen molar-refractivity contribution in [2.75, 3.05) is 50.2 Å². The molecule has 0 atom stereocenters. The summed E-state index contributed by atoms with van der Waals surface area (Å²) in [4.78, 5) is 11.8. The van der Waals surface area contributed by atoms with Crippen LogP contribution in [-0.4, -0.2) is 49.5 Å². The largest absolute Gasteiger partial charge is 0.380 e. The number of rotatable bonds is 9. The highest BCUT2D eigenvalue weighted by molar-refractivity contribution is 7.16. The molecule has 0 spiro atoms. The summed E-state index contributed by atoms with van der Waals surface area (Å²) in [5, 5.41) is 3.04. The summed E-state index contributed by atoms with van der Waals surface area (Å²) in [5.74, 6) is 1.16. The Hall–Kier alpha value is -1.44. The molecule has 2 rings (SSSR count). The second-order valence-corrected chi connectivity index (χ2v) is 5.32. The third-order valence-corrected chi connectivity index (χ3v) is 3.85. The molecule has 0 saturated heterocycles. The first-order valence-corrected chi connectivity index (χ1v) is 8.05. The quantitative estimate of drug-likeness (QED) is 0.715. The third kappa shape index (κ3) is 4.26. The van der Waals surface area contributed by atoms with E-state index in [0.717, 1.165) is 29.1 Å². The highest BCUT2D eigenvalue weighted by atomic mass is 32.1. The number of hydrogen-bond donors (Lipinski definition) is 1. The molecule has 2 heterocycles. The normalized spacial score (nSPS) is 11.1. The summed E-state index contributed by atoms with van der Waals surface area (Å²) in [5.41, 5.74) is 5.83. The van der Waals surface area contributed by atoms with Crippen LogP contribution >= 0.6 is 11.3 Å². The molecule has 2 aromatic heterocycles. The van der Waals surface area contributed by atoms with Gasteiger partial charge in [0.05, 0.1) is 18.6 Å². The van der Waals surface area contributed by atoms with Crippen molar-refractivity contribution in [3.05, 3.63) is 11.4 Å². The van der Waals surface area contributed by atoms with Gasteiger partial charge in [0.2, 0.25) is 5.95 Å². The first-order valence-electron chi connectivity index (χ1n) is 7.17. The first kappa shape index (κ1) is 15.9. The Bertz CT molecular complexity index is 551. The number of ether oxygens (including phenoxy) is 2. The van der Waals surface area contributed by atoms with Gasteiger partial charge in [0.1, 0.15) is 10.6 Å². The van der Waals surface area contributed by atoms with Crippen LogP contribution in [0.3, 0.4) is 0 Å². The predicted octanol–water partition coefficient (Wildman–Crippen LogP) is 2.15. The molecule has 21 heavy (non-hydrogen) atoms. The van der Waals surface area contributed by atoms with Crippen molar-refractivity contribution in [1.29, 1.82) is 0 Å². The average Bonchev–Trinajstić information content (AvgIpc) is 2.93. The van der Waals surface area contributed by atoms with Gasteiger partial charge in [-0.1, -0.05) is 0 Å². The van der Waals surface area contributed by atoms with Gasteiger partial charge in [-0.15, -0.1) is 11.3 Å². The van der Waals surface area contributed by atoms with Gasteiger partial charge in [0.25, 0.3) is 0 Å². The molecule has 2 aromatic rings. The minimum atomic E-state index is 0.303. The van der Waals surface area contributed by atoms with E-state index in [0.29, 0.717) is 32.4 Å². The average molecular weight is 310 g/mol. The van der Waals surface area contributed by atoms with Crippen LogP contribution in [0.15, 0.2) is 11.4 Å². The van der Waals surface area contributed by atoms with Crippen LogP contribution in [0.1, 0.15) is 13.8 Å². The minimum absolute atomic E-state index is 0.303. The van der Waals surface area contributed by atoms with Crippen LogP contribution < -0.4 is 10.6 Å². The van der Waals surface area contributed by atoms with Gasteiger partial charge in [-0.2, -0.15) is 4.98 Å². The number of nitrogens with two attached hydrogens (primary N) is 1. The van der Waals surface area contributed by atoms with Crippen molar-refractivity contribution in [3.8, 4) is 0 Å². The van der Waals surface area contributed by atoms with E-state index in [1.54, 1.807) is 11.3 Å². The molecule has 116 valence electrons. The Balaban J connectivity index is 2.21. The highest BCUT2D eigenvalue weighted by Crippen LogP contribution is 2.28. The molecular weight excluding hydrogens is 288 g/mol. The summed E-state index contributed by atoms with van der Waals surface area (Å²) < 4.78 is 10.9. The summed E-state index contributed by atoms with van der Waals surface area (Å²) in [6, 6.07) is 2.03. The van der Waals surface area contributed by atoms with E-state index in [2.05, 4.69) is 14.9 Å². The third-order valence-electron chi connectivity index (χ3n) is 3.04. The number of aromatic nitrogens is 2. The maximum absolute atomic E-state index is 5.83. The number of thiophene rings is 1. The van der Waals surface area contributed by atoms with E-state index in [4.69, 9.17) is 15.2 Å². The van der Waals surface area contributed by atoms with Crippen LogP contribution in [0.4, 0.5) is 11.8 Å².